The number of benzene rings is 2. The van der Waals surface area contributed by atoms with E-state index in [4.69, 9.17) is 21.1 Å². The first-order valence-electron chi connectivity index (χ1n) is 6.61. The van der Waals surface area contributed by atoms with E-state index in [0.29, 0.717) is 18.2 Å². The maximum atomic E-state index is 6.07. The molecule has 0 aliphatic rings. The fourth-order valence-electron chi connectivity index (χ4n) is 1.83. The standard InChI is InChI=1S/C16H17BrClNO2/c1-20-9-8-19-11-12-10-13(18)6-7-15(12)21-16-5-3-2-4-14(16)17/h2-7,10,19H,8-9,11H2,1H3. The molecule has 0 heterocycles. The molecule has 2 rings (SSSR count). The summed E-state index contributed by atoms with van der Waals surface area (Å²) in [5, 5.41) is 3.99. The Morgan fingerprint density at radius 2 is 1.95 bits per heavy atom. The summed E-state index contributed by atoms with van der Waals surface area (Å²) in [4.78, 5) is 0. The van der Waals surface area contributed by atoms with Crippen molar-refractivity contribution in [2.45, 2.75) is 6.54 Å². The van der Waals surface area contributed by atoms with Gasteiger partial charge in [-0.2, -0.15) is 0 Å². The van der Waals surface area contributed by atoms with Crippen molar-refractivity contribution in [1.29, 1.82) is 0 Å². The van der Waals surface area contributed by atoms with Crippen molar-refractivity contribution < 1.29 is 9.47 Å². The quantitative estimate of drug-likeness (QED) is 0.721. The Hall–Kier alpha value is -1.07. The van der Waals surface area contributed by atoms with Gasteiger partial charge in [0.25, 0.3) is 0 Å². The van der Waals surface area contributed by atoms with Crippen molar-refractivity contribution in [2.24, 2.45) is 0 Å². The van der Waals surface area contributed by atoms with Gasteiger partial charge in [-0.05, 0) is 46.3 Å². The number of hydrogen-bond acceptors (Lipinski definition) is 3. The van der Waals surface area contributed by atoms with E-state index in [-0.39, 0.29) is 0 Å². The number of para-hydroxylation sites is 1. The Bertz CT molecular complexity index is 592. The molecule has 0 saturated heterocycles. The largest absolute Gasteiger partial charge is 0.456 e. The van der Waals surface area contributed by atoms with Gasteiger partial charge in [-0.3, -0.25) is 0 Å². The molecular weight excluding hydrogens is 354 g/mol. The normalized spacial score (nSPS) is 10.6. The van der Waals surface area contributed by atoms with Crippen molar-refractivity contribution in [2.75, 3.05) is 20.3 Å². The second kappa shape index (κ2) is 8.39. The summed E-state index contributed by atoms with van der Waals surface area (Å²) in [6.45, 7) is 2.11. The van der Waals surface area contributed by atoms with Crippen LogP contribution < -0.4 is 10.1 Å². The van der Waals surface area contributed by atoms with Crippen LogP contribution in [-0.2, 0) is 11.3 Å². The van der Waals surface area contributed by atoms with Gasteiger partial charge in [-0.1, -0.05) is 23.7 Å². The lowest BCUT2D eigenvalue weighted by Gasteiger charge is -2.13. The lowest BCUT2D eigenvalue weighted by atomic mass is 10.2. The molecule has 0 amide bonds. The molecule has 1 N–H and O–H groups in total. The van der Waals surface area contributed by atoms with E-state index in [1.54, 1.807) is 7.11 Å². The number of halogens is 2. The molecule has 3 nitrogen and oxygen atoms in total. The van der Waals surface area contributed by atoms with Gasteiger partial charge in [0.1, 0.15) is 11.5 Å². The van der Waals surface area contributed by atoms with Crippen LogP contribution in [0.15, 0.2) is 46.9 Å². The van der Waals surface area contributed by atoms with E-state index in [2.05, 4.69) is 21.2 Å². The SMILES string of the molecule is COCCNCc1cc(Cl)ccc1Oc1ccccc1Br. The van der Waals surface area contributed by atoms with Crippen molar-refractivity contribution in [3.63, 3.8) is 0 Å². The number of hydrogen-bond donors (Lipinski definition) is 1. The number of rotatable bonds is 7. The van der Waals surface area contributed by atoms with Gasteiger partial charge in [0.2, 0.25) is 0 Å². The topological polar surface area (TPSA) is 30.5 Å². The summed E-state index contributed by atoms with van der Waals surface area (Å²) in [7, 11) is 1.68. The van der Waals surface area contributed by atoms with Crippen LogP contribution >= 0.6 is 27.5 Å². The van der Waals surface area contributed by atoms with Gasteiger partial charge >= 0.3 is 0 Å². The summed E-state index contributed by atoms with van der Waals surface area (Å²) in [6.07, 6.45) is 0. The Kier molecular flexibility index (Phi) is 6.51. The van der Waals surface area contributed by atoms with Crippen molar-refractivity contribution in [1.82, 2.24) is 5.32 Å². The first-order chi connectivity index (χ1) is 10.2. The van der Waals surface area contributed by atoms with Gasteiger partial charge < -0.3 is 14.8 Å². The summed E-state index contributed by atoms with van der Waals surface area (Å²) in [5.41, 5.74) is 1.01. The lowest BCUT2D eigenvalue weighted by Crippen LogP contribution is -2.18. The van der Waals surface area contributed by atoms with Crippen molar-refractivity contribution in [3.05, 3.63) is 57.5 Å². The maximum absolute atomic E-state index is 6.07. The summed E-state index contributed by atoms with van der Waals surface area (Å²) < 4.78 is 11.9. The highest BCUT2D eigenvalue weighted by Crippen LogP contribution is 2.32. The Morgan fingerprint density at radius 3 is 2.71 bits per heavy atom. The van der Waals surface area contributed by atoms with E-state index in [0.717, 1.165) is 28.1 Å². The molecule has 0 saturated carbocycles. The Balaban J connectivity index is 2.13. The molecule has 0 fully saturated rings. The summed E-state index contributed by atoms with van der Waals surface area (Å²) in [5.74, 6) is 1.56. The molecule has 2 aromatic carbocycles. The van der Waals surface area contributed by atoms with Gasteiger partial charge in [-0.15, -0.1) is 0 Å². The average molecular weight is 371 g/mol. The fraction of sp³-hybridized carbons (Fsp3) is 0.250. The predicted octanol–water partition coefficient (Wildman–Crippen LogP) is 4.63. The van der Waals surface area contributed by atoms with Gasteiger partial charge in [0, 0.05) is 30.8 Å². The Labute approximate surface area is 138 Å². The third kappa shape index (κ3) is 5.00. The molecule has 0 atom stereocenters. The molecular formula is C16H17BrClNO2. The van der Waals surface area contributed by atoms with E-state index < -0.39 is 0 Å². The number of nitrogens with one attached hydrogen (secondary N) is 1. The molecule has 0 aromatic heterocycles. The highest BCUT2D eigenvalue weighted by molar-refractivity contribution is 9.10. The zero-order valence-corrected chi connectivity index (χ0v) is 14.1. The van der Waals surface area contributed by atoms with Gasteiger partial charge in [0.15, 0.2) is 0 Å². The van der Waals surface area contributed by atoms with E-state index in [9.17, 15) is 0 Å². The zero-order valence-electron chi connectivity index (χ0n) is 11.7. The molecule has 5 heteroatoms. The van der Waals surface area contributed by atoms with Crippen LogP contribution in [0.3, 0.4) is 0 Å². The minimum absolute atomic E-state index is 0.668. The summed E-state index contributed by atoms with van der Waals surface area (Å²) >= 11 is 9.56. The van der Waals surface area contributed by atoms with Crippen LogP contribution in [0.5, 0.6) is 11.5 Å². The number of methoxy groups -OCH3 is 1. The fourth-order valence-corrected chi connectivity index (χ4v) is 2.39. The van der Waals surface area contributed by atoms with E-state index >= 15 is 0 Å². The van der Waals surface area contributed by atoms with Crippen LogP contribution in [0.1, 0.15) is 5.56 Å². The first kappa shape index (κ1) is 16.3. The molecule has 0 unspecified atom stereocenters. The van der Waals surface area contributed by atoms with Gasteiger partial charge in [-0.25, -0.2) is 0 Å². The predicted molar refractivity (Wildman–Crippen MR) is 89.3 cm³/mol. The van der Waals surface area contributed by atoms with Gasteiger partial charge in [0.05, 0.1) is 11.1 Å². The lowest BCUT2D eigenvalue weighted by molar-refractivity contribution is 0.199. The third-order valence-electron chi connectivity index (χ3n) is 2.88. The molecule has 0 aliphatic carbocycles. The highest BCUT2D eigenvalue weighted by atomic mass is 79.9. The van der Waals surface area contributed by atoms with Crippen LogP contribution in [-0.4, -0.2) is 20.3 Å². The monoisotopic (exact) mass is 369 g/mol. The minimum Gasteiger partial charge on any atom is -0.456 e. The smallest absolute Gasteiger partial charge is 0.141 e. The third-order valence-corrected chi connectivity index (χ3v) is 3.77. The zero-order chi connectivity index (χ0) is 15.1. The second-order valence-corrected chi connectivity index (χ2v) is 5.74. The molecule has 2 aromatic rings. The van der Waals surface area contributed by atoms with Crippen LogP contribution in [0.2, 0.25) is 5.02 Å². The number of ether oxygens (including phenoxy) is 2. The minimum atomic E-state index is 0.668. The molecule has 0 radical (unpaired) electrons. The van der Waals surface area contributed by atoms with E-state index in [1.165, 1.54) is 0 Å². The molecule has 0 spiro atoms. The molecule has 0 bridgehead atoms. The first-order valence-corrected chi connectivity index (χ1v) is 7.78. The van der Waals surface area contributed by atoms with Crippen molar-refractivity contribution >= 4 is 27.5 Å². The van der Waals surface area contributed by atoms with Crippen molar-refractivity contribution in [3.8, 4) is 11.5 Å². The van der Waals surface area contributed by atoms with Crippen LogP contribution in [0, 0.1) is 0 Å². The van der Waals surface area contributed by atoms with Crippen LogP contribution in [0.4, 0.5) is 0 Å². The molecule has 112 valence electrons. The second-order valence-electron chi connectivity index (χ2n) is 4.45. The average Bonchev–Trinajstić information content (AvgIpc) is 2.48. The molecule has 21 heavy (non-hydrogen) atoms. The van der Waals surface area contributed by atoms with E-state index in [1.807, 2.05) is 42.5 Å². The maximum Gasteiger partial charge on any atom is 0.141 e. The Morgan fingerprint density at radius 1 is 1.14 bits per heavy atom. The van der Waals surface area contributed by atoms with Crippen LogP contribution in [0.25, 0.3) is 0 Å². The summed E-state index contributed by atoms with van der Waals surface area (Å²) in [6, 6.07) is 13.4. The molecule has 0 aliphatic heterocycles. The highest BCUT2D eigenvalue weighted by Gasteiger charge is 2.08.